The lowest BCUT2D eigenvalue weighted by Gasteiger charge is -2.32. The van der Waals surface area contributed by atoms with Gasteiger partial charge in [-0.25, -0.2) is 0 Å². The Kier molecular flexibility index (Phi) is 4.63. The Hall–Kier alpha value is -0.800. The first-order valence-corrected chi connectivity index (χ1v) is 6.85. The number of aryl methyl sites for hydroxylation is 1. The summed E-state index contributed by atoms with van der Waals surface area (Å²) < 4.78 is 5.70. The Bertz CT molecular complexity index is 335. The Morgan fingerprint density at radius 2 is 2.18 bits per heavy atom. The van der Waals surface area contributed by atoms with Gasteiger partial charge in [-0.3, -0.25) is 0 Å². The van der Waals surface area contributed by atoms with Crippen LogP contribution >= 0.6 is 0 Å². The first kappa shape index (κ1) is 12.7. The molecular weight excluding hydrogens is 212 g/mol. The van der Waals surface area contributed by atoms with Crippen molar-refractivity contribution >= 4 is 0 Å². The van der Waals surface area contributed by atoms with Crippen molar-refractivity contribution in [3.05, 3.63) is 23.7 Å². The van der Waals surface area contributed by atoms with Gasteiger partial charge >= 0.3 is 0 Å². The summed E-state index contributed by atoms with van der Waals surface area (Å²) in [4.78, 5) is 2.51. The second kappa shape index (κ2) is 6.22. The number of hydrogen-bond acceptors (Lipinski definition) is 3. The molecule has 1 aliphatic heterocycles. The molecule has 0 amide bonds. The Morgan fingerprint density at radius 1 is 1.35 bits per heavy atom. The van der Waals surface area contributed by atoms with E-state index in [4.69, 9.17) is 4.42 Å². The molecule has 0 radical (unpaired) electrons. The van der Waals surface area contributed by atoms with Crippen LogP contribution in [-0.4, -0.2) is 30.6 Å². The Labute approximate surface area is 104 Å². The van der Waals surface area contributed by atoms with Gasteiger partial charge in [-0.2, -0.15) is 0 Å². The summed E-state index contributed by atoms with van der Waals surface area (Å²) in [6.07, 6.45) is 3.58. The zero-order chi connectivity index (χ0) is 12.1. The Balaban J connectivity index is 1.77. The third kappa shape index (κ3) is 3.58. The Morgan fingerprint density at radius 3 is 2.88 bits per heavy atom. The number of rotatable bonds is 5. The smallest absolute Gasteiger partial charge is 0.117 e. The average molecular weight is 236 g/mol. The molecule has 0 aromatic carbocycles. The normalized spacial score (nSPS) is 21.9. The fourth-order valence-electron chi connectivity index (χ4n) is 2.46. The van der Waals surface area contributed by atoms with Crippen LogP contribution < -0.4 is 5.32 Å². The van der Waals surface area contributed by atoms with Crippen molar-refractivity contribution in [1.29, 1.82) is 0 Å². The molecule has 1 N–H and O–H groups in total. The van der Waals surface area contributed by atoms with Crippen LogP contribution in [0.1, 0.15) is 38.2 Å². The van der Waals surface area contributed by atoms with E-state index in [1.165, 1.54) is 32.5 Å². The lowest BCUT2D eigenvalue weighted by Crippen LogP contribution is -2.45. The van der Waals surface area contributed by atoms with E-state index in [0.717, 1.165) is 24.5 Å². The van der Waals surface area contributed by atoms with Crippen LogP contribution in [0.5, 0.6) is 0 Å². The molecule has 2 heterocycles. The number of nitrogens with zero attached hydrogens (tertiary/aromatic N) is 1. The molecule has 0 saturated carbocycles. The number of likely N-dealkylation sites (tertiary alicyclic amines) is 1. The molecule has 2 rings (SSSR count). The zero-order valence-electron chi connectivity index (χ0n) is 11.0. The van der Waals surface area contributed by atoms with E-state index in [1.807, 2.05) is 0 Å². The van der Waals surface area contributed by atoms with E-state index in [1.54, 1.807) is 0 Å². The van der Waals surface area contributed by atoms with Gasteiger partial charge in [0, 0.05) is 19.0 Å². The predicted molar refractivity (Wildman–Crippen MR) is 70.1 cm³/mol. The number of nitrogens with one attached hydrogen (secondary N) is 1. The minimum Gasteiger partial charge on any atom is -0.465 e. The standard InChI is InChI=1S/C14H24N2O/c1-3-13-7-8-14(17-13)10-15-12-6-5-9-16(4-2)11-12/h7-8,12,15H,3-6,9-11H2,1-2H3. The van der Waals surface area contributed by atoms with E-state index >= 15 is 0 Å². The summed E-state index contributed by atoms with van der Waals surface area (Å²) in [7, 11) is 0. The van der Waals surface area contributed by atoms with E-state index in [9.17, 15) is 0 Å². The second-order valence-electron chi connectivity index (χ2n) is 4.83. The first-order chi connectivity index (χ1) is 8.31. The maximum Gasteiger partial charge on any atom is 0.117 e. The molecule has 3 nitrogen and oxygen atoms in total. The quantitative estimate of drug-likeness (QED) is 0.851. The van der Waals surface area contributed by atoms with Crippen LogP contribution in [0, 0.1) is 0 Å². The molecule has 1 saturated heterocycles. The minimum atomic E-state index is 0.624. The zero-order valence-corrected chi connectivity index (χ0v) is 11.0. The van der Waals surface area contributed by atoms with Gasteiger partial charge in [-0.05, 0) is 38.1 Å². The summed E-state index contributed by atoms with van der Waals surface area (Å²) in [5.74, 6) is 2.15. The number of piperidine rings is 1. The number of hydrogen-bond donors (Lipinski definition) is 1. The highest BCUT2D eigenvalue weighted by atomic mass is 16.3. The maximum absolute atomic E-state index is 5.70. The fraction of sp³-hybridized carbons (Fsp3) is 0.714. The molecule has 1 atom stereocenters. The van der Waals surface area contributed by atoms with Crippen LogP contribution in [0.2, 0.25) is 0 Å². The molecule has 0 bridgehead atoms. The molecule has 0 aliphatic carbocycles. The summed E-state index contributed by atoms with van der Waals surface area (Å²) in [5, 5.41) is 3.60. The minimum absolute atomic E-state index is 0.624. The van der Waals surface area contributed by atoms with E-state index < -0.39 is 0 Å². The van der Waals surface area contributed by atoms with Crippen molar-refractivity contribution < 1.29 is 4.42 Å². The van der Waals surface area contributed by atoms with Crippen LogP contribution in [0.4, 0.5) is 0 Å². The molecule has 17 heavy (non-hydrogen) atoms. The van der Waals surface area contributed by atoms with Crippen LogP contribution in [0.3, 0.4) is 0 Å². The molecule has 1 aromatic heterocycles. The van der Waals surface area contributed by atoms with Crippen LogP contribution in [-0.2, 0) is 13.0 Å². The lowest BCUT2D eigenvalue weighted by molar-refractivity contribution is 0.196. The van der Waals surface area contributed by atoms with Crippen LogP contribution in [0.15, 0.2) is 16.5 Å². The summed E-state index contributed by atoms with van der Waals surface area (Å²) in [6, 6.07) is 4.79. The molecule has 1 aromatic rings. The van der Waals surface area contributed by atoms with Crippen molar-refractivity contribution in [3.63, 3.8) is 0 Å². The van der Waals surface area contributed by atoms with Crippen molar-refractivity contribution in [2.75, 3.05) is 19.6 Å². The summed E-state index contributed by atoms with van der Waals surface area (Å²) >= 11 is 0. The molecule has 1 aliphatic rings. The third-order valence-corrected chi connectivity index (χ3v) is 3.58. The second-order valence-corrected chi connectivity index (χ2v) is 4.83. The van der Waals surface area contributed by atoms with Crippen molar-refractivity contribution in [3.8, 4) is 0 Å². The van der Waals surface area contributed by atoms with Gasteiger partial charge in [-0.1, -0.05) is 13.8 Å². The molecule has 1 fully saturated rings. The van der Waals surface area contributed by atoms with Gasteiger partial charge in [0.2, 0.25) is 0 Å². The predicted octanol–water partition coefficient (Wildman–Crippen LogP) is 2.42. The van der Waals surface area contributed by atoms with Crippen molar-refractivity contribution in [2.24, 2.45) is 0 Å². The lowest BCUT2D eigenvalue weighted by atomic mass is 10.1. The highest BCUT2D eigenvalue weighted by molar-refractivity contribution is 5.06. The fourth-order valence-corrected chi connectivity index (χ4v) is 2.46. The van der Waals surface area contributed by atoms with Crippen LogP contribution in [0.25, 0.3) is 0 Å². The molecule has 1 unspecified atom stereocenters. The van der Waals surface area contributed by atoms with Gasteiger partial charge < -0.3 is 14.6 Å². The van der Waals surface area contributed by atoms with Crippen molar-refractivity contribution in [2.45, 2.75) is 45.7 Å². The van der Waals surface area contributed by atoms with Gasteiger partial charge in [-0.15, -0.1) is 0 Å². The summed E-state index contributed by atoms with van der Waals surface area (Å²) in [6.45, 7) is 8.83. The molecule has 0 spiro atoms. The molecule has 96 valence electrons. The third-order valence-electron chi connectivity index (χ3n) is 3.58. The monoisotopic (exact) mass is 236 g/mol. The topological polar surface area (TPSA) is 28.4 Å². The maximum atomic E-state index is 5.70. The number of likely N-dealkylation sites (N-methyl/N-ethyl adjacent to an activating group) is 1. The van der Waals surface area contributed by atoms with E-state index in [-0.39, 0.29) is 0 Å². The van der Waals surface area contributed by atoms with Gasteiger partial charge in [0.25, 0.3) is 0 Å². The summed E-state index contributed by atoms with van der Waals surface area (Å²) in [5.41, 5.74) is 0. The largest absolute Gasteiger partial charge is 0.465 e. The van der Waals surface area contributed by atoms with E-state index in [0.29, 0.717) is 6.04 Å². The first-order valence-electron chi connectivity index (χ1n) is 6.85. The van der Waals surface area contributed by atoms with E-state index in [2.05, 4.69) is 36.2 Å². The van der Waals surface area contributed by atoms with Crippen molar-refractivity contribution in [1.82, 2.24) is 10.2 Å². The SMILES string of the molecule is CCc1ccc(CNC2CCCN(CC)C2)o1. The van der Waals surface area contributed by atoms with Gasteiger partial charge in [0.1, 0.15) is 11.5 Å². The van der Waals surface area contributed by atoms with Gasteiger partial charge in [0.05, 0.1) is 6.54 Å². The molecular formula is C14H24N2O. The highest BCUT2D eigenvalue weighted by Gasteiger charge is 2.18. The number of furan rings is 1. The molecule has 3 heteroatoms. The highest BCUT2D eigenvalue weighted by Crippen LogP contribution is 2.12. The van der Waals surface area contributed by atoms with Gasteiger partial charge in [0.15, 0.2) is 0 Å². The average Bonchev–Trinajstić information content (AvgIpc) is 2.84.